The SMILES string of the molecule is CSc1ccc(NC2CC(C(C)C)C2)cc1. The summed E-state index contributed by atoms with van der Waals surface area (Å²) < 4.78 is 0. The third kappa shape index (κ3) is 2.73. The van der Waals surface area contributed by atoms with Crippen LogP contribution in [0.1, 0.15) is 26.7 Å². The van der Waals surface area contributed by atoms with Crippen molar-refractivity contribution in [3.63, 3.8) is 0 Å². The highest BCUT2D eigenvalue weighted by atomic mass is 32.2. The number of anilines is 1. The van der Waals surface area contributed by atoms with Crippen molar-refractivity contribution < 1.29 is 0 Å². The van der Waals surface area contributed by atoms with Crippen LogP contribution in [-0.2, 0) is 0 Å². The Labute approximate surface area is 103 Å². The molecule has 1 aliphatic carbocycles. The second-order valence-corrected chi connectivity index (χ2v) is 5.92. The predicted molar refractivity (Wildman–Crippen MR) is 73.2 cm³/mol. The fourth-order valence-electron chi connectivity index (χ4n) is 2.25. The third-order valence-electron chi connectivity index (χ3n) is 3.58. The largest absolute Gasteiger partial charge is 0.382 e. The van der Waals surface area contributed by atoms with Crippen molar-refractivity contribution >= 4 is 17.4 Å². The Morgan fingerprint density at radius 2 is 1.81 bits per heavy atom. The summed E-state index contributed by atoms with van der Waals surface area (Å²) in [4.78, 5) is 1.33. The van der Waals surface area contributed by atoms with Gasteiger partial charge in [-0.3, -0.25) is 0 Å². The molecular weight excluding hydrogens is 214 g/mol. The lowest BCUT2D eigenvalue weighted by Gasteiger charge is -2.39. The van der Waals surface area contributed by atoms with Gasteiger partial charge in [-0.05, 0) is 55.2 Å². The molecule has 0 spiro atoms. The lowest BCUT2D eigenvalue weighted by molar-refractivity contribution is 0.212. The maximum atomic E-state index is 3.61. The van der Waals surface area contributed by atoms with Crippen LogP contribution in [0.2, 0.25) is 0 Å². The number of benzene rings is 1. The molecule has 1 aliphatic rings. The number of thioether (sulfide) groups is 1. The van der Waals surface area contributed by atoms with E-state index in [1.54, 1.807) is 11.8 Å². The molecule has 0 heterocycles. The van der Waals surface area contributed by atoms with E-state index in [0.717, 1.165) is 11.8 Å². The van der Waals surface area contributed by atoms with E-state index in [0.29, 0.717) is 6.04 Å². The normalized spacial score (nSPS) is 24.2. The number of hydrogen-bond acceptors (Lipinski definition) is 2. The van der Waals surface area contributed by atoms with Gasteiger partial charge in [0, 0.05) is 16.6 Å². The lowest BCUT2D eigenvalue weighted by Crippen LogP contribution is -2.37. The molecule has 0 unspecified atom stereocenters. The van der Waals surface area contributed by atoms with E-state index in [1.807, 2.05) is 0 Å². The summed E-state index contributed by atoms with van der Waals surface area (Å²) in [6.45, 7) is 4.66. The van der Waals surface area contributed by atoms with Crippen molar-refractivity contribution in [3.05, 3.63) is 24.3 Å². The molecular formula is C14H21NS. The Morgan fingerprint density at radius 3 is 2.31 bits per heavy atom. The molecule has 1 N–H and O–H groups in total. The fourth-order valence-corrected chi connectivity index (χ4v) is 2.66. The van der Waals surface area contributed by atoms with Gasteiger partial charge in [0.1, 0.15) is 0 Å². The van der Waals surface area contributed by atoms with Crippen LogP contribution in [0.4, 0.5) is 5.69 Å². The van der Waals surface area contributed by atoms with Gasteiger partial charge in [0.05, 0.1) is 0 Å². The monoisotopic (exact) mass is 235 g/mol. The van der Waals surface area contributed by atoms with Crippen LogP contribution in [0, 0.1) is 11.8 Å². The smallest absolute Gasteiger partial charge is 0.0343 e. The van der Waals surface area contributed by atoms with Crippen molar-refractivity contribution in [1.82, 2.24) is 0 Å². The number of nitrogens with one attached hydrogen (secondary N) is 1. The summed E-state index contributed by atoms with van der Waals surface area (Å²) >= 11 is 1.79. The van der Waals surface area contributed by atoms with E-state index in [-0.39, 0.29) is 0 Å². The summed E-state index contributed by atoms with van der Waals surface area (Å²) in [5.41, 5.74) is 1.27. The summed E-state index contributed by atoms with van der Waals surface area (Å²) in [5.74, 6) is 1.78. The molecule has 0 atom stereocenters. The molecule has 1 aromatic rings. The van der Waals surface area contributed by atoms with Gasteiger partial charge in [0.25, 0.3) is 0 Å². The molecule has 88 valence electrons. The number of rotatable bonds is 4. The minimum absolute atomic E-state index is 0.701. The Bertz CT molecular complexity index is 325. The quantitative estimate of drug-likeness (QED) is 0.783. The summed E-state index contributed by atoms with van der Waals surface area (Å²) in [7, 11) is 0. The fraction of sp³-hybridized carbons (Fsp3) is 0.571. The highest BCUT2D eigenvalue weighted by Gasteiger charge is 2.30. The molecule has 0 bridgehead atoms. The van der Waals surface area contributed by atoms with Gasteiger partial charge in [-0.2, -0.15) is 0 Å². The van der Waals surface area contributed by atoms with Crippen molar-refractivity contribution in [2.24, 2.45) is 11.8 Å². The molecule has 1 aromatic carbocycles. The topological polar surface area (TPSA) is 12.0 Å². The Balaban J connectivity index is 1.82. The highest BCUT2D eigenvalue weighted by Crippen LogP contribution is 2.35. The molecule has 16 heavy (non-hydrogen) atoms. The van der Waals surface area contributed by atoms with Crippen LogP contribution in [0.3, 0.4) is 0 Å². The molecule has 1 nitrogen and oxygen atoms in total. The molecule has 2 heteroatoms. The van der Waals surface area contributed by atoms with Crippen molar-refractivity contribution in [3.8, 4) is 0 Å². The molecule has 2 rings (SSSR count). The zero-order valence-corrected chi connectivity index (χ0v) is 11.2. The minimum atomic E-state index is 0.701. The standard InChI is InChI=1S/C14H21NS/c1-10(2)11-8-13(9-11)15-12-4-6-14(16-3)7-5-12/h4-7,10-11,13,15H,8-9H2,1-3H3. The predicted octanol–water partition coefficient (Wildman–Crippen LogP) is 4.26. The van der Waals surface area contributed by atoms with Crippen LogP contribution < -0.4 is 5.32 Å². The van der Waals surface area contributed by atoms with Crippen LogP contribution >= 0.6 is 11.8 Å². The van der Waals surface area contributed by atoms with Crippen LogP contribution in [-0.4, -0.2) is 12.3 Å². The van der Waals surface area contributed by atoms with Crippen molar-refractivity contribution in [1.29, 1.82) is 0 Å². The first-order chi connectivity index (χ1) is 7.69. The minimum Gasteiger partial charge on any atom is -0.382 e. The maximum Gasteiger partial charge on any atom is 0.0343 e. The first kappa shape index (κ1) is 11.8. The highest BCUT2D eigenvalue weighted by molar-refractivity contribution is 7.98. The van der Waals surface area contributed by atoms with E-state index in [9.17, 15) is 0 Å². The first-order valence-electron chi connectivity index (χ1n) is 6.09. The molecule has 0 aromatic heterocycles. The van der Waals surface area contributed by atoms with E-state index in [4.69, 9.17) is 0 Å². The van der Waals surface area contributed by atoms with E-state index >= 15 is 0 Å². The van der Waals surface area contributed by atoms with Crippen LogP contribution in [0.15, 0.2) is 29.2 Å². The van der Waals surface area contributed by atoms with Crippen LogP contribution in [0.25, 0.3) is 0 Å². The van der Waals surface area contributed by atoms with Crippen LogP contribution in [0.5, 0.6) is 0 Å². The molecule has 0 saturated heterocycles. The van der Waals surface area contributed by atoms with Gasteiger partial charge in [0.2, 0.25) is 0 Å². The van der Waals surface area contributed by atoms with E-state index < -0.39 is 0 Å². The van der Waals surface area contributed by atoms with Gasteiger partial charge in [-0.25, -0.2) is 0 Å². The Morgan fingerprint density at radius 1 is 1.19 bits per heavy atom. The molecule has 0 amide bonds. The van der Waals surface area contributed by atoms with E-state index in [1.165, 1.54) is 23.4 Å². The zero-order valence-electron chi connectivity index (χ0n) is 10.4. The average molecular weight is 235 g/mol. The molecule has 0 radical (unpaired) electrons. The summed E-state index contributed by atoms with van der Waals surface area (Å²) in [6.07, 6.45) is 4.78. The lowest BCUT2D eigenvalue weighted by atomic mass is 9.73. The van der Waals surface area contributed by atoms with Crippen molar-refractivity contribution in [2.75, 3.05) is 11.6 Å². The summed E-state index contributed by atoms with van der Waals surface area (Å²) in [5, 5.41) is 3.61. The Kier molecular flexibility index (Phi) is 3.80. The van der Waals surface area contributed by atoms with Gasteiger partial charge in [-0.15, -0.1) is 11.8 Å². The second kappa shape index (κ2) is 5.13. The van der Waals surface area contributed by atoms with Gasteiger partial charge in [0.15, 0.2) is 0 Å². The third-order valence-corrected chi connectivity index (χ3v) is 4.32. The second-order valence-electron chi connectivity index (χ2n) is 5.05. The average Bonchev–Trinajstić information content (AvgIpc) is 2.23. The van der Waals surface area contributed by atoms with Gasteiger partial charge in [-0.1, -0.05) is 13.8 Å². The van der Waals surface area contributed by atoms with Gasteiger partial charge < -0.3 is 5.32 Å². The molecule has 1 fully saturated rings. The summed E-state index contributed by atoms with van der Waals surface area (Å²) in [6, 6.07) is 9.45. The Hall–Kier alpha value is -0.630. The number of hydrogen-bond donors (Lipinski definition) is 1. The first-order valence-corrected chi connectivity index (χ1v) is 7.32. The van der Waals surface area contributed by atoms with Crippen molar-refractivity contribution in [2.45, 2.75) is 37.6 Å². The van der Waals surface area contributed by atoms with Gasteiger partial charge >= 0.3 is 0 Å². The molecule has 1 saturated carbocycles. The zero-order chi connectivity index (χ0) is 11.5. The molecule has 0 aliphatic heterocycles. The van der Waals surface area contributed by atoms with E-state index in [2.05, 4.69) is 49.7 Å². The maximum absolute atomic E-state index is 3.61.